The predicted octanol–water partition coefficient (Wildman–Crippen LogP) is 1.42. The highest BCUT2D eigenvalue weighted by Crippen LogP contribution is 2.30. The molecule has 2 heterocycles. The number of halogens is 1. The average Bonchev–Trinajstić information content (AvgIpc) is 2.85. The Labute approximate surface area is 136 Å². The Bertz CT molecular complexity index is 615. The Balaban J connectivity index is 2.28. The van der Waals surface area contributed by atoms with Crippen molar-refractivity contribution in [3.8, 4) is 0 Å². The minimum atomic E-state index is -3.69. The molecule has 0 bridgehead atoms. The molecule has 1 unspecified atom stereocenters. The van der Waals surface area contributed by atoms with E-state index in [2.05, 4.69) is 21.2 Å². The number of hydrogen-bond donors (Lipinski definition) is 1. The molecule has 1 amide bonds. The van der Waals surface area contributed by atoms with Crippen LogP contribution in [0.1, 0.15) is 13.8 Å². The lowest BCUT2D eigenvalue weighted by Gasteiger charge is -2.33. The molecule has 1 aliphatic heterocycles. The van der Waals surface area contributed by atoms with E-state index in [4.69, 9.17) is 4.74 Å². The normalized spacial score (nSPS) is 20.7. The first kappa shape index (κ1) is 16.9. The van der Waals surface area contributed by atoms with Crippen LogP contribution in [0.3, 0.4) is 0 Å². The standard InChI is InChI=1S/C12H17BrN2O4S2/c1-8(2)14-12(16)9-7-19-6-5-15(9)21(17,18)11-4-3-10(13)20-11/h3-4,8-9H,5-7H2,1-2H3,(H,14,16). The number of hydrogen-bond acceptors (Lipinski definition) is 5. The monoisotopic (exact) mass is 396 g/mol. The van der Waals surface area contributed by atoms with Crippen molar-refractivity contribution >= 4 is 43.2 Å². The molecule has 2 rings (SSSR count). The number of carbonyl (C=O) groups excluding carboxylic acids is 1. The Morgan fingerprint density at radius 2 is 2.24 bits per heavy atom. The number of sulfonamides is 1. The molecule has 1 N–H and O–H groups in total. The Morgan fingerprint density at radius 1 is 1.52 bits per heavy atom. The van der Waals surface area contributed by atoms with Crippen LogP contribution >= 0.6 is 27.3 Å². The Kier molecular flexibility index (Phi) is 5.42. The molecular formula is C12H17BrN2O4S2. The fourth-order valence-corrected chi connectivity index (χ4v) is 5.71. The number of morpholine rings is 1. The van der Waals surface area contributed by atoms with E-state index in [9.17, 15) is 13.2 Å². The molecule has 1 atom stereocenters. The largest absolute Gasteiger partial charge is 0.378 e. The van der Waals surface area contributed by atoms with Gasteiger partial charge in [-0.25, -0.2) is 8.42 Å². The maximum absolute atomic E-state index is 12.7. The van der Waals surface area contributed by atoms with Crippen molar-refractivity contribution in [2.45, 2.75) is 30.1 Å². The van der Waals surface area contributed by atoms with Crippen molar-refractivity contribution in [2.75, 3.05) is 19.8 Å². The van der Waals surface area contributed by atoms with Gasteiger partial charge in [0.15, 0.2) is 0 Å². The lowest BCUT2D eigenvalue weighted by atomic mass is 10.2. The molecule has 6 nitrogen and oxygen atoms in total. The zero-order chi connectivity index (χ0) is 15.6. The first-order valence-electron chi connectivity index (χ1n) is 6.47. The van der Waals surface area contributed by atoms with Crippen LogP contribution in [-0.4, -0.2) is 50.5 Å². The van der Waals surface area contributed by atoms with Gasteiger partial charge in [-0.15, -0.1) is 11.3 Å². The summed E-state index contributed by atoms with van der Waals surface area (Å²) in [5, 5.41) is 2.74. The van der Waals surface area contributed by atoms with Gasteiger partial charge in [-0.05, 0) is 41.9 Å². The molecule has 0 saturated carbocycles. The smallest absolute Gasteiger partial charge is 0.253 e. The zero-order valence-electron chi connectivity index (χ0n) is 11.7. The number of amides is 1. The first-order chi connectivity index (χ1) is 9.82. The van der Waals surface area contributed by atoms with E-state index in [1.54, 1.807) is 6.07 Å². The molecule has 0 aliphatic carbocycles. The molecule has 1 aromatic rings. The zero-order valence-corrected chi connectivity index (χ0v) is 14.9. The predicted molar refractivity (Wildman–Crippen MR) is 83.8 cm³/mol. The number of ether oxygens (including phenoxy) is 1. The number of carbonyl (C=O) groups is 1. The Hall–Kier alpha value is -0.480. The van der Waals surface area contributed by atoms with Gasteiger partial charge >= 0.3 is 0 Å². The molecule has 21 heavy (non-hydrogen) atoms. The minimum absolute atomic E-state index is 0.0557. The third-order valence-corrected chi connectivity index (χ3v) is 6.92. The lowest BCUT2D eigenvalue weighted by Crippen LogP contribution is -2.56. The Morgan fingerprint density at radius 3 is 2.81 bits per heavy atom. The second-order valence-corrected chi connectivity index (χ2v) is 9.51. The molecule has 0 aromatic carbocycles. The topological polar surface area (TPSA) is 75.7 Å². The van der Waals surface area contributed by atoms with Gasteiger partial charge in [0.25, 0.3) is 10.0 Å². The van der Waals surface area contributed by atoms with Crippen LogP contribution in [0.4, 0.5) is 0 Å². The third-order valence-electron chi connectivity index (χ3n) is 2.92. The van der Waals surface area contributed by atoms with Crippen molar-refractivity contribution in [1.82, 2.24) is 9.62 Å². The maximum atomic E-state index is 12.7. The van der Waals surface area contributed by atoms with Crippen LogP contribution in [0.5, 0.6) is 0 Å². The number of rotatable bonds is 4. The van der Waals surface area contributed by atoms with Crippen LogP contribution in [0, 0.1) is 0 Å². The summed E-state index contributed by atoms with van der Waals surface area (Å²) >= 11 is 4.39. The SMILES string of the molecule is CC(C)NC(=O)C1COCCN1S(=O)(=O)c1ccc(Br)s1. The van der Waals surface area contributed by atoms with Crippen LogP contribution in [0.15, 0.2) is 20.1 Å². The van der Waals surface area contributed by atoms with Crippen molar-refractivity contribution in [3.05, 3.63) is 15.9 Å². The van der Waals surface area contributed by atoms with Gasteiger partial charge in [0.1, 0.15) is 10.3 Å². The fourth-order valence-electron chi connectivity index (χ4n) is 2.02. The van der Waals surface area contributed by atoms with Crippen molar-refractivity contribution < 1.29 is 17.9 Å². The molecule has 118 valence electrons. The molecule has 1 fully saturated rings. The van der Waals surface area contributed by atoms with E-state index in [0.717, 1.165) is 15.1 Å². The summed E-state index contributed by atoms with van der Waals surface area (Å²) < 4.78 is 32.8. The lowest BCUT2D eigenvalue weighted by molar-refractivity contribution is -0.129. The van der Waals surface area contributed by atoms with Crippen LogP contribution in [0.2, 0.25) is 0 Å². The molecular weight excluding hydrogens is 380 g/mol. The van der Waals surface area contributed by atoms with E-state index in [-0.39, 0.29) is 35.9 Å². The summed E-state index contributed by atoms with van der Waals surface area (Å²) in [6, 6.07) is 2.34. The molecule has 1 aromatic heterocycles. The van der Waals surface area contributed by atoms with E-state index in [1.807, 2.05) is 13.8 Å². The van der Waals surface area contributed by atoms with E-state index < -0.39 is 16.1 Å². The highest BCUT2D eigenvalue weighted by Gasteiger charge is 2.39. The summed E-state index contributed by atoms with van der Waals surface area (Å²) in [5.41, 5.74) is 0. The number of nitrogens with one attached hydrogen (secondary N) is 1. The number of nitrogens with zero attached hydrogens (tertiary/aromatic N) is 1. The van der Waals surface area contributed by atoms with E-state index in [1.165, 1.54) is 10.4 Å². The average molecular weight is 397 g/mol. The second-order valence-electron chi connectivity index (χ2n) is 4.93. The maximum Gasteiger partial charge on any atom is 0.253 e. The third kappa shape index (κ3) is 3.84. The van der Waals surface area contributed by atoms with Crippen molar-refractivity contribution in [2.24, 2.45) is 0 Å². The number of thiophene rings is 1. The van der Waals surface area contributed by atoms with Gasteiger partial charge in [-0.3, -0.25) is 4.79 Å². The van der Waals surface area contributed by atoms with Crippen LogP contribution in [0.25, 0.3) is 0 Å². The quantitative estimate of drug-likeness (QED) is 0.834. The van der Waals surface area contributed by atoms with Gasteiger partial charge in [0, 0.05) is 12.6 Å². The second kappa shape index (κ2) is 6.74. The van der Waals surface area contributed by atoms with Gasteiger partial charge in [0.05, 0.1) is 17.0 Å². The van der Waals surface area contributed by atoms with E-state index >= 15 is 0 Å². The highest BCUT2D eigenvalue weighted by molar-refractivity contribution is 9.11. The molecule has 0 spiro atoms. The van der Waals surface area contributed by atoms with Crippen LogP contribution in [-0.2, 0) is 19.6 Å². The highest BCUT2D eigenvalue weighted by atomic mass is 79.9. The fraction of sp³-hybridized carbons (Fsp3) is 0.583. The summed E-state index contributed by atoms with van der Waals surface area (Å²) in [7, 11) is -3.69. The van der Waals surface area contributed by atoms with Gasteiger partial charge in [0.2, 0.25) is 5.91 Å². The van der Waals surface area contributed by atoms with Crippen LogP contribution < -0.4 is 5.32 Å². The van der Waals surface area contributed by atoms with Crippen molar-refractivity contribution in [3.63, 3.8) is 0 Å². The van der Waals surface area contributed by atoms with Crippen molar-refractivity contribution in [1.29, 1.82) is 0 Å². The molecule has 0 radical (unpaired) electrons. The van der Waals surface area contributed by atoms with Gasteiger partial charge < -0.3 is 10.1 Å². The molecule has 9 heteroatoms. The molecule has 1 saturated heterocycles. The summed E-state index contributed by atoms with van der Waals surface area (Å²) in [5.74, 6) is -0.330. The van der Waals surface area contributed by atoms with Gasteiger partial charge in [-0.1, -0.05) is 0 Å². The van der Waals surface area contributed by atoms with Gasteiger partial charge in [-0.2, -0.15) is 4.31 Å². The summed E-state index contributed by atoms with van der Waals surface area (Å²) in [6.45, 7) is 4.20. The van der Waals surface area contributed by atoms with E-state index in [0.29, 0.717) is 0 Å². The molecule has 1 aliphatic rings. The minimum Gasteiger partial charge on any atom is -0.378 e. The summed E-state index contributed by atoms with van der Waals surface area (Å²) in [6.07, 6.45) is 0. The first-order valence-corrected chi connectivity index (χ1v) is 9.52. The summed E-state index contributed by atoms with van der Waals surface area (Å²) in [4.78, 5) is 12.2.